The zero-order valence-electron chi connectivity index (χ0n) is 18.3. The first kappa shape index (κ1) is 20.6. The molecule has 1 amide bonds. The lowest BCUT2D eigenvalue weighted by Gasteiger charge is -2.08. The number of aromatic nitrogens is 2. The van der Waals surface area contributed by atoms with E-state index in [9.17, 15) is 9.59 Å². The van der Waals surface area contributed by atoms with Crippen LogP contribution in [0.1, 0.15) is 10.4 Å². The Morgan fingerprint density at radius 3 is 2.46 bits per heavy atom. The molecule has 1 N–H and O–H groups in total. The fraction of sp³-hybridized carbons (Fsp3) is 0. The van der Waals surface area contributed by atoms with Crippen molar-refractivity contribution in [3.63, 3.8) is 0 Å². The van der Waals surface area contributed by atoms with Gasteiger partial charge in [-0.3, -0.25) is 4.79 Å². The normalized spacial score (nSPS) is 11.1. The maximum Gasteiger partial charge on any atom is 0.344 e. The molecule has 168 valence electrons. The highest BCUT2D eigenvalue weighted by molar-refractivity contribution is 6.05. The highest BCUT2D eigenvalue weighted by Gasteiger charge is 2.13. The van der Waals surface area contributed by atoms with Gasteiger partial charge in [0.2, 0.25) is 5.89 Å². The Labute approximate surface area is 198 Å². The molecule has 3 aromatic heterocycles. The van der Waals surface area contributed by atoms with Crippen molar-refractivity contribution in [1.82, 2.24) is 9.97 Å². The van der Waals surface area contributed by atoms with E-state index in [1.807, 2.05) is 36.4 Å². The molecule has 0 bridgehead atoms. The number of oxazole rings is 1. The van der Waals surface area contributed by atoms with Crippen LogP contribution in [0.3, 0.4) is 0 Å². The third kappa shape index (κ3) is 3.95. The highest BCUT2D eigenvalue weighted by atomic mass is 16.4. The van der Waals surface area contributed by atoms with Gasteiger partial charge in [-0.15, -0.1) is 0 Å². The Balaban J connectivity index is 1.24. The molecule has 7 heteroatoms. The van der Waals surface area contributed by atoms with E-state index >= 15 is 0 Å². The lowest BCUT2D eigenvalue weighted by molar-refractivity contribution is 0.102. The molecule has 0 fully saturated rings. The maximum atomic E-state index is 12.9. The molecule has 3 heterocycles. The van der Waals surface area contributed by atoms with E-state index in [0.29, 0.717) is 45.1 Å². The minimum atomic E-state index is -0.453. The second-order valence-electron chi connectivity index (χ2n) is 7.94. The zero-order valence-corrected chi connectivity index (χ0v) is 18.3. The van der Waals surface area contributed by atoms with Gasteiger partial charge in [0, 0.05) is 28.4 Å². The summed E-state index contributed by atoms with van der Waals surface area (Å²) in [6.07, 6.45) is 1.66. The largest absolute Gasteiger partial charge is 0.434 e. The van der Waals surface area contributed by atoms with E-state index in [1.54, 1.807) is 60.8 Å². The summed E-state index contributed by atoms with van der Waals surface area (Å²) in [6, 6.07) is 26.8. The van der Waals surface area contributed by atoms with Gasteiger partial charge in [-0.1, -0.05) is 30.3 Å². The molecule has 6 aromatic rings. The van der Waals surface area contributed by atoms with Crippen LogP contribution in [0.15, 0.2) is 111 Å². The number of nitrogens with one attached hydrogen (secondary N) is 1. The number of nitrogens with zero attached hydrogens (tertiary/aromatic N) is 2. The zero-order chi connectivity index (χ0) is 23.8. The number of amides is 1. The van der Waals surface area contributed by atoms with Crippen molar-refractivity contribution in [3.8, 4) is 22.6 Å². The molecule has 0 aliphatic rings. The molecular weight excluding hydrogens is 442 g/mol. The Bertz CT molecular complexity index is 1730. The van der Waals surface area contributed by atoms with Crippen molar-refractivity contribution in [2.24, 2.45) is 0 Å². The van der Waals surface area contributed by atoms with Crippen molar-refractivity contribution in [1.29, 1.82) is 0 Å². The summed E-state index contributed by atoms with van der Waals surface area (Å²) in [5.41, 5.74) is 4.03. The van der Waals surface area contributed by atoms with Gasteiger partial charge in [0.1, 0.15) is 5.58 Å². The predicted octanol–water partition coefficient (Wildman–Crippen LogP) is 5.92. The number of benzene rings is 3. The number of para-hydroxylation sites is 1. The summed E-state index contributed by atoms with van der Waals surface area (Å²) in [7, 11) is 0. The van der Waals surface area contributed by atoms with Gasteiger partial charge in [0.25, 0.3) is 5.91 Å². The molecule has 0 saturated carbocycles. The fourth-order valence-electron chi connectivity index (χ4n) is 3.88. The minimum absolute atomic E-state index is 0.296. The summed E-state index contributed by atoms with van der Waals surface area (Å²) in [5.74, 6) is 0.161. The average Bonchev–Trinajstić information content (AvgIpc) is 3.33. The summed E-state index contributed by atoms with van der Waals surface area (Å²) < 4.78 is 11.2. The van der Waals surface area contributed by atoms with E-state index in [2.05, 4.69) is 15.3 Å². The third-order valence-corrected chi connectivity index (χ3v) is 5.63. The first-order valence-electron chi connectivity index (χ1n) is 10.9. The van der Waals surface area contributed by atoms with Crippen LogP contribution in [-0.4, -0.2) is 15.9 Å². The smallest absolute Gasteiger partial charge is 0.344 e. The Hall–Kier alpha value is -5.04. The van der Waals surface area contributed by atoms with Crippen LogP contribution in [0.4, 0.5) is 5.69 Å². The summed E-state index contributed by atoms with van der Waals surface area (Å²) >= 11 is 0. The van der Waals surface area contributed by atoms with Gasteiger partial charge in [0.05, 0.1) is 5.56 Å². The number of hydrogen-bond donors (Lipinski definition) is 1. The number of fused-ring (bicyclic) bond motifs is 2. The van der Waals surface area contributed by atoms with Gasteiger partial charge in [-0.2, -0.15) is 4.98 Å². The van der Waals surface area contributed by atoms with Crippen LogP contribution in [0.2, 0.25) is 0 Å². The van der Waals surface area contributed by atoms with Crippen molar-refractivity contribution in [2.75, 3.05) is 5.32 Å². The Kier molecular flexibility index (Phi) is 4.93. The fourth-order valence-corrected chi connectivity index (χ4v) is 3.88. The van der Waals surface area contributed by atoms with Gasteiger partial charge >= 0.3 is 5.63 Å². The minimum Gasteiger partial charge on any atom is -0.434 e. The SMILES string of the molecule is O=C(Nc1ccc(-c2nc3ncccc3o2)cc1)c1cccc(-c2cc3ccccc3oc2=O)c1. The van der Waals surface area contributed by atoms with Crippen molar-refractivity contribution in [2.45, 2.75) is 0 Å². The van der Waals surface area contributed by atoms with E-state index in [-0.39, 0.29) is 5.91 Å². The number of carbonyl (C=O) groups is 1. The third-order valence-electron chi connectivity index (χ3n) is 5.63. The van der Waals surface area contributed by atoms with Crippen LogP contribution >= 0.6 is 0 Å². The second-order valence-corrected chi connectivity index (χ2v) is 7.94. The van der Waals surface area contributed by atoms with Gasteiger partial charge in [-0.25, -0.2) is 9.78 Å². The first-order valence-corrected chi connectivity index (χ1v) is 10.9. The predicted molar refractivity (Wildman–Crippen MR) is 133 cm³/mol. The maximum absolute atomic E-state index is 12.9. The lowest BCUT2D eigenvalue weighted by atomic mass is 10.0. The molecule has 0 aliphatic heterocycles. The molecule has 7 nitrogen and oxygen atoms in total. The quantitative estimate of drug-likeness (QED) is 0.329. The number of carbonyl (C=O) groups excluding carboxylic acids is 1. The number of hydrogen-bond acceptors (Lipinski definition) is 6. The van der Waals surface area contributed by atoms with E-state index < -0.39 is 5.63 Å². The molecular formula is C28H17N3O4. The monoisotopic (exact) mass is 459 g/mol. The van der Waals surface area contributed by atoms with Crippen molar-refractivity contribution in [3.05, 3.63) is 113 Å². The van der Waals surface area contributed by atoms with Gasteiger partial charge < -0.3 is 14.2 Å². The van der Waals surface area contributed by atoms with E-state index in [1.165, 1.54) is 0 Å². The Morgan fingerprint density at radius 1 is 0.771 bits per heavy atom. The average molecular weight is 459 g/mol. The first-order chi connectivity index (χ1) is 17.1. The van der Waals surface area contributed by atoms with Crippen LogP contribution in [0, 0.1) is 0 Å². The van der Waals surface area contributed by atoms with Gasteiger partial charge in [-0.05, 0) is 66.2 Å². The molecule has 0 spiro atoms. The topological polar surface area (TPSA) is 98.2 Å². The van der Waals surface area contributed by atoms with Crippen molar-refractivity contribution >= 4 is 33.8 Å². The van der Waals surface area contributed by atoms with Crippen LogP contribution < -0.4 is 10.9 Å². The van der Waals surface area contributed by atoms with Gasteiger partial charge in [0.15, 0.2) is 11.2 Å². The molecule has 0 saturated heterocycles. The van der Waals surface area contributed by atoms with Crippen molar-refractivity contribution < 1.29 is 13.6 Å². The standard InChI is InChI=1S/C28H17N3O4/c32-26(30-21-12-10-17(11-13-21)27-31-25-24(34-27)9-4-14-29-25)20-7-3-6-18(15-20)22-16-19-5-1-2-8-23(19)35-28(22)33/h1-16H,(H,30,32). The summed E-state index contributed by atoms with van der Waals surface area (Å²) in [4.78, 5) is 34.0. The van der Waals surface area contributed by atoms with E-state index in [0.717, 1.165) is 10.9 Å². The molecule has 6 rings (SSSR count). The lowest BCUT2D eigenvalue weighted by Crippen LogP contribution is -2.12. The number of rotatable bonds is 4. The molecule has 0 aliphatic carbocycles. The molecule has 3 aromatic carbocycles. The Morgan fingerprint density at radius 2 is 1.60 bits per heavy atom. The number of pyridine rings is 1. The summed E-state index contributed by atoms with van der Waals surface area (Å²) in [6.45, 7) is 0. The molecule has 0 radical (unpaired) electrons. The summed E-state index contributed by atoms with van der Waals surface area (Å²) in [5, 5.41) is 3.69. The number of anilines is 1. The van der Waals surface area contributed by atoms with E-state index in [4.69, 9.17) is 8.83 Å². The van der Waals surface area contributed by atoms with Crippen LogP contribution in [0.25, 0.3) is 44.8 Å². The highest BCUT2D eigenvalue weighted by Crippen LogP contribution is 2.25. The molecule has 35 heavy (non-hydrogen) atoms. The van der Waals surface area contributed by atoms with Crippen LogP contribution in [-0.2, 0) is 0 Å². The van der Waals surface area contributed by atoms with Crippen LogP contribution in [0.5, 0.6) is 0 Å². The molecule has 0 atom stereocenters. The molecule has 0 unspecified atom stereocenters. The second kappa shape index (κ2) is 8.39.